The van der Waals surface area contributed by atoms with Crippen LogP contribution in [0.1, 0.15) is 0 Å². The van der Waals surface area contributed by atoms with Crippen molar-refractivity contribution in [3.63, 3.8) is 0 Å². The van der Waals surface area contributed by atoms with Crippen LogP contribution in [0.5, 0.6) is 11.5 Å². The predicted octanol–water partition coefficient (Wildman–Crippen LogP) is 1.79. The van der Waals surface area contributed by atoms with Gasteiger partial charge in [0.15, 0.2) is 17.1 Å². The molecule has 0 aliphatic carbocycles. The number of aromatic nitrogens is 4. The first kappa shape index (κ1) is 20.1. The van der Waals surface area contributed by atoms with E-state index in [9.17, 15) is 9.59 Å². The summed E-state index contributed by atoms with van der Waals surface area (Å²) in [7, 11) is 1.57. The number of benzene rings is 2. The standard InChI is InChI=1S/C22H21N5O4/c1-30-18-9-5-6-10-19(18)31-12-11-23-20(28)14-26-15-24-21-17(22(26)29)13-25-27(21)16-7-3-2-4-8-16/h2-10,13,15H,11-12,14H2,1H3,(H,23,28). The molecule has 0 saturated carbocycles. The highest BCUT2D eigenvalue weighted by Gasteiger charge is 2.13. The molecule has 2 aromatic carbocycles. The van der Waals surface area contributed by atoms with E-state index in [1.165, 1.54) is 17.1 Å². The van der Waals surface area contributed by atoms with E-state index in [4.69, 9.17) is 9.47 Å². The van der Waals surface area contributed by atoms with Crippen molar-refractivity contribution in [2.45, 2.75) is 6.54 Å². The third-order valence-electron chi connectivity index (χ3n) is 4.62. The highest BCUT2D eigenvalue weighted by molar-refractivity contribution is 5.77. The minimum atomic E-state index is -0.326. The van der Waals surface area contributed by atoms with E-state index >= 15 is 0 Å². The normalized spacial score (nSPS) is 10.7. The van der Waals surface area contributed by atoms with Gasteiger partial charge in [0.2, 0.25) is 5.91 Å². The Labute approximate surface area is 177 Å². The quantitative estimate of drug-likeness (QED) is 0.437. The Bertz CT molecular complexity index is 1250. The van der Waals surface area contributed by atoms with Crippen LogP contribution in [0.25, 0.3) is 16.7 Å². The van der Waals surface area contributed by atoms with E-state index in [0.717, 1.165) is 5.69 Å². The van der Waals surface area contributed by atoms with E-state index in [1.54, 1.807) is 23.9 Å². The van der Waals surface area contributed by atoms with Gasteiger partial charge in [0, 0.05) is 0 Å². The zero-order chi connectivity index (χ0) is 21.6. The van der Waals surface area contributed by atoms with Crippen molar-refractivity contribution in [2.24, 2.45) is 0 Å². The fourth-order valence-corrected chi connectivity index (χ4v) is 3.12. The molecule has 1 N–H and O–H groups in total. The van der Waals surface area contributed by atoms with Crippen LogP contribution in [0.4, 0.5) is 0 Å². The summed E-state index contributed by atoms with van der Waals surface area (Å²) in [5.74, 6) is 0.902. The minimum absolute atomic E-state index is 0.146. The molecular weight excluding hydrogens is 398 g/mol. The van der Waals surface area contributed by atoms with Gasteiger partial charge in [-0.25, -0.2) is 9.67 Å². The second-order valence-electron chi connectivity index (χ2n) is 6.66. The summed E-state index contributed by atoms with van der Waals surface area (Å²) in [6.45, 7) is 0.405. The number of amides is 1. The van der Waals surface area contributed by atoms with E-state index < -0.39 is 0 Å². The molecule has 0 bridgehead atoms. The maximum absolute atomic E-state index is 12.7. The maximum atomic E-state index is 12.7. The minimum Gasteiger partial charge on any atom is -0.493 e. The SMILES string of the molecule is COc1ccccc1OCCNC(=O)Cn1cnc2c(cnn2-c2ccccc2)c1=O. The number of ether oxygens (including phenoxy) is 2. The van der Waals surface area contributed by atoms with Crippen LogP contribution >= 0.6 is 0 Å². The fourth-order valence-electron chi connectivity index (χ4n) is 3.12. The molecule has 0 aliphatic rings. The molecule has 9 nitrogen and oxygen atoms in total. The monoisotopic (exact) mass is 419 g/mol. The highest BCUT2D eigenvalue weighted by Crippen LogP contribution is 2.25. The number of rotatable bonds is 8. The summed E-state index contributed by atoms with van der Waals surface area (Å²) in [6, 6.07) is 16.7. The third kappa shape index (κ3) is 4.40. The van der Waals surface area contributed by atoms with Crippen molar-refractivity contribution in [2.75, 3.05) is 20.3 Å². The molecule has 158 valence electrons. The Hall–Kier alpha value is -4.14. The summed E-state index contributed by atoms with van der Waals surface area (Å²) >= 11 is 0. The number of methoxy groups -OCH3 is 1. The van der Waals surface area contributed by atoms with E-state index in [2.05, 4.69) is 15.4 Å². The van der Waals surface area contributed by atoms with Crippen LogP contribution in [0, 0.1) is 0 Å². The fraction of sp³-hybridized carbons (Fsp3) is 0.182. The molecule has 0 radical (unpaired) electrons. The van der Waals surface area contributed by atoms with Crippen LogP contribution in [0.15, 0.2) is 71.9 Å². The second kappa shape index (κ2) is 9.12. The van der Waals surface area contributed by atoms with Crippen LogP contribution in [0.3, 0.4) is 0 Å². The molecular formula is C22H21N5O4. The van der Waals surface area contributed by atoms with Gasteiger partial charge in [-0.15, -0.1) is 0 Å². The average molecular weight is 419 g/mol. The van der Waals surface area contributed by atoms with Crippen molar-refractivity contribution in [3.8, 4) is 17.2 Å². The number of nitrogens with zero attached hydrogens (tertiary/aromatic N) is 4. The molecule has 0 fully saturated rings. The Morgan fingerprint density at radius 2 is 1.81 bits per heavy atom. The Morgan fingerprint density at radius 3 is 2.58 bits per heavy atom. The number of hydrogen-bond acceptors (Lipinski definition) is 6. The predicted molar refractivity (Wildman–Crippen MR) is 115 cm³/mol. The van der Waals surface area contributed by atoms with Crippen molar-refractivity contribution in [3.05, 3.63) is 77.5 Å². The molecule has 0 unspecified atom stereocenters. The van der Waals surface area contributed by atoms with Gasteiger partial charge in [-0.2, -0.15) is 5.10 Å². The van der Waals surface area contributed by atoms with Gasteiger partial charge < -0.3 is 14.8 Å². The van der Waals surface area contributed by atoms with Gasteiger partial charge in [-0.05, 0) is 24.3 Å². The third-order valence-corrected chi connectivity index (χ3v) is 4.62. The molecule has 0 atom stereocenters. The number of carbonyl (C=O) groups is 1. The Balaban J connectivity index is 1.38. The van der Waals surface area contributed by atoms with Crippen molar-refractivity contribution in [1.82, 2.24) is 24.6 Å². The molecule has 31 heavy (non-hydrogen) atoms. The summed E-state index contributed by atoms with van der Waals surface area (Å²) < 4.78 is 13.7. The number of hydrogen-bond donors (Lipinski definition) is 1. The van der Waals surface area contributed by atoms with E-state index in [0.29, 0.717) is 22.5 Å². The molecule has 0 spiro atoms. The van der Waals surface area contributed by atoms with Gasteiger partial charge in [0.25, 0.3) is 5.56 Å². The summed E-state index contributed by atoms with van der Waals surface area (Å²) in [4.78, 5) is 29.3. The van der Waals surface area contributed by atoms with Crippen molar-refractivity contribution < 1.29 is 14.3 Å². The summed E-state index contributed by atoms with van der Waals surface area (Å²) in [5, 5.41) is 7.34. The molecule has 2 aromatic heterocycles. The summed E-state index contributed by atoms with van der Waals surface area (Å²) in [6.07, 6.45) is 2.82. The lowest BCUT2D eigenvalue weighted by molar-refractivity contribution is -0.121. The maximum Gasteiger partial charge on any atom is 0.264 e. The number of carbonyl (C=O) groups excluding carboxylic acids is 1. The Morgan fingerprint density at radius 1 is 1.06 bits per heavy atom. The largest absolute Gasteiger partial charge is 0.493 e. The molecule has 4 rings (SSSR count). The van der Waals surface area contributed by atoms with Crippen molar-refractivity contribution >= 4 is 16.9 Å². The van der Waals surface area contributed by atoms with Gasteiger partial charge in [0.05, 0.1) is 25.5 Å². The zero-order valence-corrected chi connectivity index (χ0v) is 16.9. The number of para-hydroxylation sites is 3. The van der Waals surface area contributed by atoms with Crippen LogP contribution < -0.4 is 20.3 Å². The first-order chi connectivity index (χ1) is 15.2. The molecule has 4 aromatic rings. The lowest BCUT2D eigenvalue weighted by Gasteiger charge is -2.11. The van der Waals surface area contributed by atoms with Crippen LogP contribution in [0.2, 0.25) is 0 Å². The highest BCUT2D eigenvalue weighted by atomic mass is 16.5. The molecule has 0 saturated heterocycles. The lowest BCUT2D eigenvalue weighted by atomic mass is 10.3. The van der Waals surface area contributed by atoms with E-state index in [1.807, 2.05) is 42.5 Å². The molecule has 1 amide bonds. The first-order valence-electron chi connectivity index (χ1n) is 9.68. The molecule has 0 aliphatic heterocycles. The van der Waals surface area contributed by atoms with Gasteiger partial charge in [-0.1, -0.05) is 30.3 Å². The molecule has 9 heteroatoms. The summed E-state index contributed by atoms with van der Waals surface area (Å²) in [5.41, 5.74) is 0.917. The Kier molecular flexibility index (Phi) is 5.93. The van der Waals surface area contributed by atoms with Crippen molar-refractivity contribution in [1.29, 1.82) is 0 Å². The molecule has 2 heterocycles. The van der Waals surface area contributed by atoms with Crippen LogP contribution in [-0.4, -0.2) is 45.5 Å². The van der Waals surface area contributed by atoms with Gasteiger partial charge in [-0.3, -0.25) is 14.2 Å². The zero-order valence-electron chi connectivity index (χ0n) is 16.9. The van der Waals surface area contributed by atoms with Gasteiger partial charge in [0.1, 0.15) is 24.9 Å². The smallest absolute Gasteiger partial charge is 0.264 e. The average Bonchev–Trinajstić information content (AvgIpc) is 3.24. The van der Waals surface area contributed by atoms with Crippen LogP contribution in [-0.2, 0) is 11.3 Å². The number of nitrogens with one attached hydrogen (secondary N) is 1. The number of fused-ring (bicyclic) bond motifs is 1. The topological polar surface area (TPSA) is 100 Å². The second-order valence-corrected chi connectivity index (χ2v) is 6.66. The van der Waals surface area contributed by atoms with E-state index in [-0.39, 0.29) is 31.2 Å². The first-order valence-corrected chi connectivity index (χ1v) is 9.68. The van der Waals surface area contributed by atoms with Gasteiger partial charge >= 0.3 is 0 Å². The lowest BCUT2D eigenvalue weighted by Crippen LogP contribution is -2.34.